The van der Waals surface area contributed by atoms with Crippen molar-refractivity contribution in [3.63, 3.8) is 0 Å². The Labute approximate surface area is 201 Å². The molecule has 7 heteroatoms. The van der Waals surface area contributed by atoms with Crippen molar-refractivity contribution in [2.45, 2.75) is 66.1 Å². The van der Waals surface area contributed by atoms with Gasteiger partial charge in [-0.2, -0.15) is 0 Å². The highest BCUT2D eigenvalue weighted by molar-refractivity contribution is 6.36. The van der Waals surface area contributed by atoms with E-state index >= 15 is 0 Å². The molecular formula is C25H32Cl2N2O3. The Morgan fingerprint density at radius 1 is 1.06 bits per heavy atom. The molecule has 2 rings (SSSR count). The molecule has 2 amide bonds. The van der Waals surface area contributed by atoms with Crippen molar-refractivity contribution in [1.29, 1.82) is 0 Å². The number of hydrogen-bond donors (Lipinski definition) is 1. The second-order valence-electron chi connectivity index (χ2n) is 8.02. The van der Waals surface area contributed by atoms with Gasteiger partial charge in [0, 0.05) is 28.2 Å². The first-order chi connectivity index (χ1) is 15.2. The van der Waals surface area contributed by atoms with E-state index < -0.39 is 6.04 Å². The lowest BCUT2D eigenvalue weighted by molar-refractivity contribution is -0.143. The molecule has 0 spiro atoms. The van der Waals surface area contributed by atoms with E-state index in [0.717, 1.165) is 17.5 Å². The average Bonchev–Trinajstić information content (AvgIpc) is 2.74. The molecule has 0 heterocycles. The number of rotatable bonds is 10. The van der Waals surface area contributed by atoms with Gasteiger partial charge in [-0.1, -0.05) is 60.8 Å². The Balaban J connectivity index is 2.30. The van der Waals surface area contributed by atoms with Crippen LogP contribution in [0.15, 0.2) is 36.4 Å². The van der Waals surface area contributed by atoms with Crippen LogP contribution in [0.2, 0.25) is 10.0 Å². The maximum atomic E-state index is 13.3. The van der Waals surface area contributed by atoms with Gasteiger partial charge >= 0.3 is 0 Å². The molecule has 0 unspecified atom stereocenters. The average molecular weight is 479 g/mol. The van der Waals surface area contributed by atoms with Crippen molar-refractivity contribution < 1.29 is 14.3 Å². The Kier molecular flexibility index (Phi) is 9.85. The third kappa shape index (κ3) is 6.88. The standard InChI is InChI=1S/C25H32Cl2N2O3/c1-6-18(5)28-25(31)22(7-2)29(14-19-20(26)9-8-10-21(19)27)24(30)15-32-23-12-11-16(3)13-17(23)4/h8-13,18,22H,6-7,14-15H2,1-5H3,(H,28,31)/t18-,22+/m1/s1. The molecule has 2 aromatic carbocycles. The van der Waals surface area contributed by atoms with E-state index in [9.17, 15) is 9.59 Å². The number of halogens is 2. The topological polar surface area (TPSA) is 58.6 Å². The normalized spacial score (nSPS) is 12.7. The number of aryl methyl sites for hydroxylation is 2. The number of benzene rings is 2. The summed E-state index contributed by atoms with van der Waals surface area (Å²) in [6, 6.07) is 10.3. The van der Waals surface area contributed by atoms with Gasteiger partial charge in [0.1, 0.15) is 11.8 Å². The summed E-state index contributed by atoms with van der Waals surface area (Å²) in [6.45, 7) is 9.65. The number of hydrogen-bond acceptors (Lipinski definition) is 3. The van der Waals surface area contributed by atoms with Gasteiger partial charge in [0.2, 0.25) is 5.91 Å². The van der Waals surface area contributed by atoms with Crippen LogP contribution in [0.25, 0.3) is 0 Å². The van der Waals surface area contributed by atoms with Crippen LogP contribution in [0.1, 0.15) is 50.3 Å². The third-order valence-corrected chi connectivity index (χ3v) is 6.17. The molecule has 0 aliphatic heterocycles. The first kappa shape index (κ1) is 26.0. The monoisotopic (exact) mass is 478 g/mol. The highest BCUT2D eigenvalue weighted by Gasteiger charge is 2.30. The minimum Gasteiger partial charge on any atom is -0.483 e. The smallest absolute Gasteiger partial charge is 0.261 e. The number of ether oxygens (including phenoxy) is 1. The molecule has 2 atom stereocenters. The van der Waals surface area contributed by atoms with Crippen LogP contribution in [0, 0.1) is 13.8 Å². The third-order valence-electron chi connectivity index (χ3n) is 5.46. The largest absolute Gasteiger partial charge is 0.483 e. The summed E-state index contributed by atoms with van der Waals surface area (Å²) in [5.74, 6) is 0.119. The summed E-state index contributed by atoms with van der Waals surface area (Å²) in [6.07, 6.45) is 1.24. The molecule has 0 aliphatic carbocycles. The zero-order chi connectivity index (χ0) is 23.8. The van der Waals surface area contributed by atoms with Crippen LogP contribution in [0.5, 0.6) is 5.75 Å². The number of carbonyl (C=O) groups excluding carboxylic acids is 2. The number of carbonyl (C=O) groups is 2. The van der Waals surface area contributed by atoms with Gasteiger partial charge in [0.15, 0.2) is 6.61 Å². The molecule has 1 N–H and O–H groups in total. The highest BCUT2D eigenvalue weighted by atomic mass is 35.5. The van der Waals surface area contributed by atoms with Crippen molar-refractivity contribution in [2.75, 3.05) is 6.61 Å². The molecule has 0 saturated heterocycles. The van der Waals surface area contributed by atoms with E-state index in [4.69, 9.17) is 27.9 Å². The van der Waals surface area contributed by atoms with E-state index in [1.165, 1.54) is 4.90 Å². The number of nitrogens with zero attached hydrogens (tertiary/aromatic N) is 1. The summed E-state index contributed by atoms with van der Waals surface area (Å²) < 4.78 is 5.82. The first-order valence-corrected chi connectivity index (χ1v) is 11.7. The number of nitrogens with one attached hydrogen (secondary N) is 1. The van der Waals surface area contributed by atoms with E-state index in [1.807, 2.05) is 52.8 Å². The van der Waals surface area contributed by atoms with Crippen molar-refractivity contribution >= 4 is 35.0 Å². The quantitative estimate of drug-likeness (QED) is 0.475. The van der Waals surface area contributed by atoms with Gasteiger partial charge in [0.25, 0.3) is 5.91 Å². The molecule has 0 fully saturated rings. The first-order valence-electron chi connectivity index (χ1n) is 10.9. The Morgan fingerprint density at radius 2 is 1.72 bits per heavy atom. The molecule has 0 radical (unpaired) electrons. The van der Waals surface area contributed by atoms with Crippen molar-refractivity contribution in [1.82, 2.24) is 10.2 Å². The molecule has 0 aromatic heterocycles. The van der Waals surface area contributed by atoms with Gasteiger partial charge < -0.3 is 15.0 Å². The minimum atomic E-state index is -0.674. The van der Waals surface area contributed by atoms with Gasteiger partial charge in [0.05, 0.1) is 0 Å². The second-order valence-corrected chi connectivity index (χ2v) is 8.84. The summed E-state index contributed by atoms with van der Waals surface area (Å²) in [7, 11) is 0. The molecule has 174 valence electrons. The highest BCUT2D eigenvalue weighted by Crippen LogP contribution is 2.27. The summed E-state index contributed by atoms with van der Waals surface area (Å²) in [5.41, 5.74) is 2.66. The zero-order valence-electron chi connectivity index (χ0n) is 19.4. The van der Waals surface area contributed by atoms with Crippen LogP contribution in [-0.2, 0) is 16.1 Å². The molecule has 0 bridgehead atoms. The van der Waals surface area contributed by atoms with Crippen molar-refractivity contribution in [3.05, 3.63) is 63.1 Å². The van der Waals surface area contributed by atoms with Crippen molar-refractivity contribution in [3.8, 4) is 5.75 Å². The fraction of sp³-hybridized carbons (Fsp3) is 0.440. The Bertz CT molecular complexity index is 929. The van der Waals surface area contributed by atoms with E-state index in [2.05, 4.69) is 5.32 Å². The fourth-order valence-corrected chi connectivity index (χ4v) is 3.91. The predicted octanol–water partition coefficient (Wildman–Crippen LogP) is 5.71. The Hall–Kier alpha value is -2.24. The Morgan fingerprint density at radius 3 is 2.28 bits per heavy atom. The lowest BCUT2D eigenvalue weighted by atomic mass is 10.1. The van der Waals surface area contributed by atoms with E-state index in [1.54, 1.807) is 18.2 Å². The predicted molar refractivity (Wildman–Crippen MR) is 130 cm³/mol. The van der Waals surface area contributed by atoms with Crippen LogP contribution >= 0.6 is 23.2 Å². The molecule has 0 aliphatic rings. The molecule has 32 heavy (non-hydrogen) atoms. The zero-order valence-corrected chi connectivity index (χ0v) is 20.9. The maximum absolute atomic E-state index is 13.3. The van der Waals surface area contributed by atoms with Crippen LogP contribution in [0.3, 0.4) is 0 Å². The van der Waals surface area contributed by atoms with E-state index in [0.29, 0.717) is 27.8 Å². The summed E-state index contributed by atoms with van der Waals surface area (Å²) in [4.78, 5) is 27.8. The van der Waals surface area contributed by atoms with Gasteiger partial charge in [-0.25, -0.2) is 0 Å². The van der Waals surface area contributed by atoms with E-state index in [-0.39, 0.29) is 31.0 Å². The van der Waals surface area contributed by atoms with Gasteiger partial charge in [-0.15, -0.1) is 0 Å². The molecule has 5 nitrogen and oxygen atoms in total. The molecular weight excluding hydrogens is 447 g/mol. The lowest BCUT2D eigenvalue weighted by Crippen LogP contribution is -2.51. The molecule has 2 aromatic rings. The fourth-order valence-electron chi connectivity index (χ4n) is 3.40. The van der Waals surface area contributed by atoms with Gasteiger partial charge in [-0.3, -0.25) is 9.59 Å². The van der Waals surface area contributed by atoms with Gasteiger partial charge in [-0.05, 0) is 57.4 Å². The van der Waals surface area contributed by atoms with Crippen LogP contribution in [-0.4, -0.2) is 35.4 Å². The number of amides is 2. The second kappa shape index (κ2) is 12.1. The SMILES string of the molecule is CC[C@@H](C)NC(=O)[C@H](CC)N(Cc1c(Cl)cccc1Cl)C(=O)COc1ccc(C)cc1C. The lowest BCUT2D eigenvalue weighted by Gasteiger charge is -2.32. The maximum Gasteiger partial charge on any atom is 0.261 e. The summed E-state index contributed by atoms with van der Waals surface area (Å²) in [5, 5.41) is 3.87. The molecule has 0 saturated carbocycles. The summed E-state index contributed by atoms with van der Waals surface area (Å²) >= 11 is 12.7. The van der Waals surface area contributed by atoms with Crippen LogP contribution < -0.4 is 10.1 Å². The minimum absolute atomic E-state index is 0.00358. The van der Waals surface area contributed by atoms with Crippen LogP contribution in [0.4, 0.5) is 0 Å². The van der Waals surface area contributed by atoms with Crippen molar-refractivity contribution in [2.24, 2.45) is 0 Å².